The van der Waals surface area contributed by atoms with Gasteiger partial charge in [0, 0.05) is 0 Å². The summed E-state index contributed by atoms with van der Waals surface area (Å²) >= 11 is 2.27. The zero-order valence-electron chi connectivity index (χ0n) is 31.9. The predicted octanol–water partition coefficient (Wildman–Crippen LogP) is 12.0. The number of rotatable bonds is 10. The quantitative estimate of drug-likeness (QED) is 0.210. The van der Waals surface area contributed by atoms with Gasteiger partial charge in [0.2, 0.25) is 0 Å². The van der Waals surface area contributed by atoms with Crippen LogP contribution in [0.1, 0.15) is 43.3 Å². The van der Waals surface area contributed by atoms with Gasteiger partial charge >= 0.3 is 295 Å². The molecule has 0 nitrogen and oxygen atoms in total. The van der Waals surface area contributed by atoms with Crippen molar-refractivity contribution in [2.75, 3.05) is 0 Å². The molecule has 2 aromatic rings. The summed E-state index contributed by atoms with van der Waals surface area (Å²) in [7, 11) is -9.13. The third-order valence-corrected chi connectivity index (χ3v) is 44.6. The van der Waals surface area contributed by atoms with Crippen LogP contribution in [-0.4, -0.2) is 62.8 Å². The van der Waals surface area contributed by atoms with Crippen molar-refractivity contribution in [3.63, 3.8) is 0 Å². The SMILES string of the molecule is C[Si](C)(C)C(c1cc(C([Si](C)(C)C)[Si](C)(C)C)[c]([Ge]2[CH]=C(Br)c3ccccc3[CH2]2)c(C([Si](C)(C)C)[Si](C)(C)C)c1)[Si](C)(C)C. The molecule has 0 saturated heterocycles. The van der Waals surface area contributed by atoms with Gasteiger partial charge in [-0.05, 0) is 0 Å². The summed E-state index contributed by atoms with van der Waals surface area (Å²) in [6.07, 6.45) is 0. The molecule has 245 valence electrons. The van der Waals surface area contributed by atoms with Crippen LogP contribution < -0.4 is 4.40 Å². The fourth-order valence-corrected chi connectivity index (χ4v) is 57.0. The second kappa shape index (κ2) is 13.1. The fourth-order valence-electron chi connectivity index (χ4n) is 10.0. The molecule has 2 aromatic carbocycles. The van der Waals surface area contributed by atoms with Gasteiger partial charge in [0.1, 0.15) is 0 Å². The van der Waals surface area contributed by atoms with Crippen molar-refractivity contribution in [2.45, 2.75) is 139 Å². The Morgan fingerprint density at radius 1 is 0.545 bits per heavy atom. The van der Waals surface area contributed by atoms with E-state index in [2.05, 4.69) is 175 Å². The fraction of sp³-hybridized carbons (Fsp3) is 0.611. The summed E-state index contributed by atoms with van der Waals surface area (Å²) in [5.41, 5.74) is 8.50. The molecular formula is C36H66BrGeSi6. The van der Waals surface area contributed by atoms with Gasteiger partial charge in [-0.1, -0.05) is 0 Å². The predicted molar refractivity (Wildman–Crippen MR) is 227 cm³/mol. The van der Waals surface area contributed by atoms with Crippen LogP contribution in [0.2, 0.25) is 118 Å². The van der Waals surface area contributed by atoms with E-state index in [0.717, 1.165) is 15.5 Å². The summed E-state index contributed by atoms with van der Waals surface area (Å²) in [4.78, 5) is 2.79. The maximum absolute atomic E-state index is 4.14. The zero-order valence-corrected chi connectivity index (χ0v) is 41.5. The molecule has 1 aliphatic rings. The van der Waals surface area contributed by atoms with Crippen molar-refractivity contribution in [3.8, 4) is 0 Å². The number of hydrogen-bond donors (Lipinski definition) is 0. The average molecular weight is 820 g/mol. The molecule has 0 unspecified atom stereocenters. The van der Waals surface area contributed by atoms with E-state index in [9.17, 15) is 0 Å². The van der Waals surface area contributed by atoms with Crippen molar-refractivity contribution < 1.29 is 0 Å². The number of hydrogen-bond acceptors (Lipinski definition) is 0. The van der Waals surface area contributed by atoms with Gasteiger partial charge in [-0.25, -0.2) is 0 Å². The van der Waals surface area contributed by atoms with E-state index in [1.807, 2.05) is 15.5 Å². The molecule has 0 atom stereocenters. The van der Waals surface area contributed by atoms with Crippen LogP contribution in [0, 0.1) is 0 Å². The van der Waals surface area contributed by atoms with E-state index < -0.39 is 62.8 Å². The van der Waals surface area contributed by atoms with Gasteiger partial charge in [0.15, 0.2) is 0 Å². The molecule has 8 heteroatoms. The van der Waals surface area contributed by atoms with E-state index >= 15 is 0 Å². The van der Waals surface area contributed by atoms with Crippen LogP contribution in [-0.2, 0) is 5.25 Å². The van der Waals surface area contributed by atoms with Crippen molar-refractivity contribution in [2.24, 2.45) is 0 Å². The molecule has 0 aromatic heterocycles. The van der Waals surface area contributed by atoms with Gasteiger partial charge in [-0.15, -0.1) is 0 Å². The zero-order chi connectivity index (χ0) is 34.0. The van der Waals surface area contributed by atoms with Crippen LogP contribution >= 0.6 is 15.9 Å². The first kappa shape index (κ1) is 38.9. The summed E-state index contributed by atoms with van der Waals surface area (Å²) in [5.74, 6) is 0. The molecule has 3 rings (SSSR count). The van der Waals surface area contributed by atoms with Crippen LogP contribution in [0.5, 0.6) is 0 Å². The van der Waals surface area contributed by atoms with Crippen molar-refractivity contribution in [1.82, 2.24) is 0 Å². The first-order valence-electron chi connectivity index (χ1n) is 17.1. The molecular weight excluding hydrogens is 753 g/mol. The Labute approximate surface area is 293 Å². The molecule has 1 heterocycles. The number of fused-ring (bicyclic) bond motifs is 1. The molecule has 0 aliphatic carbocycles. The second-order valence-electron chi connectivity index (χ2n) is 20.4. The van der Waals surface area contributed by atoms with E-state index in [0.29, 0.717) is 0 Å². The minimum absolute atomic E-state index is 0.765. The molecule has 0 fully saturated rings. The molecule has 0 amide bonds. The van der Waals surface area contributed by atoms with Gasteiger partial charge in [0.05, 0.1) is 0 Å². The van der Waals surface area contributed by atoms with Crippen molar-refractivity contribution >= 4 is 87.6 Å². The standard InChI is InChI=1S/C36H66BrGeSi6/c1-39(2,3)34(40(4,5)6)28-23-30(35(41(7,8)9)42(10,11)12)33(31(24-28)36(43(13,14)15)44(16,17)18)38-25-27-21-19-20-22-29(27)32(37)26-38/h19-24,26,34-36H,25H2,1-18H3. The van der Waals surface area contributed by atoms with Gasteiger partial charge in [-0.3, -0.25) is 0 Å². The third-order valence-electron chi connectivity index (χ3n) is 9.65. The summed E-state index contributed by atoms with van der Waals surface area (Å²) < 4.78 is 3.29. The van der Waals surface area contributed by atoms with Gasteiger partial charge < -0.3 is 0 Å². The summed E-state index contributed by atoms with van der Waals surface area (Å²) in [6, 6.07) is 15.1. The summed E-state index contributed by atoms with van der Waals surface area (Å²) in [6.45, 7) is 48.4. The third kappa shape index (κ3) is 8.74. The monoisotopic (exact) mass is 819 g/mol. The first-order chi connectivity index (χ1) is 19.6. The van der Waals surface area contributed by atoms with Gasteiger partial charge in [-0.2, -0.15) is 0 Å². The molecule has 0 bridgehead atoms. The van der Waals surface area contributed by atoms with Crippen molar-refractivity contribution in [1.29, 1.82) is 0 Å². The second-order valence-corrected chi connectivity index (χ2v) is 59.5. The van der Waals surface area contributed by atoms with E-state index in [-0.39, 0.29) is 0 Å². The molecule has 0 N–H and O–H groups in total. The maximum atomic E-state index is 4.14. The topological polar surface area (TPSA) is 0 Å². The van der Waals surface area contributed by atoms with Crippen LogP contribution in [0.15, 0.2) is 41.3 Å². The molecule has 44 heavy (non-hydrogen) atoms. The molecule has 0 saturated carbocycles. The Balaban J connectivity index is 2.66. The first-order valence-corrected chi connectivity index (χ1v) is 43.1. The molecule has 1 aliphatic heterocycles. The Kier molecular flexibility index (Phi) is 11.6. The van der Waals surface area contributed by atoms with Crippen LogP contribution in [0.25, 0.3) is 4.48 Å². The Bertz CT molecular complexity index is 1280. The Morgan fingerprint density at radius 3 is 1.27 bits per heavy atom. The van der Waals surface area contributed by atoms with Crippen LogP contribution in [0.3, 0.4) is 0 Å². The van der Waals surface area contributed by atoms with E-state index in [1.54, 1.807) is 11.1 Å². The van der Waals surface area contributed by atoms with E-state index in [4.69, 9.17) is 0 Å². The normalized spacial score (nSPS) is 16.2. The Morgan fingerprint density at radius 2 is 0.909 bits per heavy atom. The van der Waals surface area contributed by atoms with Crippen molar-refractivity contribution in [3.05, 3.63) is 69.1 Å². The molecule has 1 radical (unpaired) electrons. The van der Waals surface area contributed by atoms with Gasteiger partial charge in [0.25, 0.3) is 0 Å². The summed E-state index contributed by atoms with van der Waals surface area (Å²) in [5, 5.41) is 3.58. The Hall–Kier alpha value is 0.504. The number of benzene rings is 2. The molecule has 0 spiro atoms. The number of halogens is 1. The van der Waals surface area contributed by atoms with Crippen LogP contribution in [0.4, 0.5) is 0 Å². The minimum atomic E-state index is -1.87. The average Bonchev–Trinajstić information content (AvgIpc) is 2.73. The van der Waals surface area contributed by atoms with E-state index in [1.165, 1.54) is 15.3 Å².